The largest absolute Gasteiger partial charge is 0.462 e. The van der Waals surface area contributed by atoms with Gasteiger partial charge in [0.15, 0.2) is 0 Å². The van der Waals surface area contributed by atoms with Crippen molar-refractivity contribution < 1.29 is 13.9 Å². The van der Waals surface area contributed by atoms with Gasteiger partial charge >= 0.3 is 5.97 Å². The van der Waals surface area contributed by atoms with Crippen LogP contribution in [0.1, 0.15) is 32.3 Å². The molecular formula is C14H16BrFO2. The summed E-state index contributed by atoms with van der Waals surface area (Å²) in [6.45, 7) is 4.12. The molecule has 1 rings (SSSR count). The lowest BCUT2D eigenvalue weighted by Gasteiger charge is -2.04. The maximum absolute atomic E-state index is 13.3. The molecule has 1 aromatic rings. The van der Waals surface area contributed by atoms with Gasteiger partial charge in [-0.3, -0.25) is 0 Å². The van der Waals surface area contributed by atoms with Crippen molar-refractivity contribution in [1.29, 1.82) is 0 Å². The van der Waals surface area contributed by atoms with Crippen LogP contribution in [0.4, 0.5) is 4.39 Å². The van der Waals surface area contributed by atoms with Crippen molar-refractivity contribution >= 4 is 28.0 Å². The highest BCUT2D eigenvalue weighted by Crippen LogP contribution is 2.18. The minimum atomic E-state index is -0.355. The van der Waals surface area contributed by atoms with Gasteiger partial charge in [-0.15, -0.1) is 0 Å². The van der Waals surface area contributed by atoms with Crippen LogP contribution in [0.25, 0.3) is 6.08 Å². The van der Waals surface area contributed by atoms with Crippen LogP contribution in [0.5, 0.6) is 0 Å². The van der Waals surface area contributed by atoms with E-state index in [-0.39, 0.29) is 11.8 Å². The number of carbonyl (C=O) groups excluding carboxylic acids is 1. The van der Waals surface area contributed by atoms with Crippen molar-refractivity contribution in [3.8, 4) is 0 Å². The SMILES string of the molecule is CCCCOC(=O)/C(C)=C/c1ccc(Br)c(F)c1. The molecule has 0 bridgehead atoms. The lowest BCUT2D eigenvalue weighted by molar-refractivity contribution is -0.138. The smallest absolute Gasteiger partial charge is 0.333 e. The molecule has 0 radical (unpaired) electrons. The van der Waals surface area contributed by atoms with Gasteiger partial charge in [0.1, 0.15) is 5.82 Å². The van der Waals surface area contributed by atoms with Gasteiger partial charge in [0, 0.05) is 5.57 Å². The Morgan fingerprint density at radius 2 is 2.22 bits per heavy atom. The van der Waals surface area contributed by atoms with Gasteiger partial charge in [0.05, 0.1) is 11.1 Å². The molecule has 0 heterocycles. The molecule has 98 valence electrons. The first-order chi connectivity index (χ1) is 8.54. The number of hydrogen-bond acceptors (Lipinski definition) is 2. The third-order valence-corrected chi connectivity index (χ3v) is 3.02. The van der Waals surface area contributed by atoms with Crippen LogP contribution in [-0.4, -0.2) is 12.6 Å². The van der Waals surface area contributed by atoms with Crippen molar-refractivity contribution in [2.75, 3.05) is 6.61 Å². The van der Waals surface area contributed by atoms with Crippen molar-refractivity contribution in [3.05, 3.63) is 39.6 Å². The van der Waals surface area contributed by atoms with E-state index in [0.29, 0.717) is 22.2 Å². The predicted octanol–water partition coefficient (Wildman–Crippen LogP) is 4.33. The van der Waals surface area contributed by atoms with E-state index in [9.17, 15) is 9.18 Å². The summed E-state index contributed by atoms with van der Waals surface area (Å²) < 4.78 is 18.8. The van der Waals surface area contributed by atoms with Gasteiger partial charge < -0.3 is 4.74 Å². The molecule has 0 fully saturated rings. The predicted molar refractivity (Wildman–Crippen MR) is 73.6 cm³/mol. The average molecular weight is 315 g/mol. The summed E-state index contributed by atoms with van der Waals surface area (Å²) in [5.74, 6) is -0.706. The van der Waals surface area contributed by atoms with E-state index in [1.165, 1.54) is 6.07 Å². The number of rotatable bonds is 5. The van der Waals surface area contributed by atoms with Gasteiger partial charge in [-0.25, -0.2) is 9.18 Å². The van der Waals surface area contributed by atoms with E-state index in [1.54, 1.807) is 25.1 Å². The van der Waals surface area contributed by atoms with E-state index < -0.39 is 0 Å². The highest BCUT2D eigenvalue weighted by atomic mass is 79.9. The standard InChI is InChI=1S/C14H16BrFO2/c1-3-4-7-18-14(17)10(2)8-11-5-6-12(15)13(16)9-11/h5-6,8-9H,3-4,7H2,1-2H3/b10-8+. The minimum Gasteiger partial charge on any atom is -0.462 e. The third kappa shape index (κ3) is 4.61. The summed E-state index contributed by atoms with van der Waals surface area (Å²) >= 11 is 3.08. The van der Waals surface area contributed by atoms with E-state index >= 15 is 0 Å². The van der Waals surface area contributed by atoms with E-state index in [4.69, 9.17) is 4.74 Å². The number of halogens is 2. The molecule has 0 saturated heterocycles. The molecule has 0 aliphatic rings. The monoisotopic (exact) mass is 314 g/mol. The second-order valence-corrected chi connectivity index (χ2v) is 4.84. The number of unbranched alkanes of at least 4 members (excludes halogenated alkanes) is 1. The molecular weight excluding hydrogens is 299 g/mol. The quantitative estimate of drug-likeness (QED) is 0.459. The molecule has 2 nitrogen and oxygen atoms in total. The molecule has 0 amide bonds. The molecule has 18 heavy (non-hydrogen) atoms. The Morgan fingerprint density at radius 3 is 2.83 bits per heavy atom. The van der Waals surface area contributed by atoms with Crippen LogP contribution in [-0.2, 0) is 9.53 Å². The number of ether oxygens (including phenoxy) is 1. The first-order valence-electron chi connectivity index (χ1n) is 5.85. The second-order valence-electron chi connectivity index (χ2n) is 3.99. The fourth-order valence-electron chi connectivity index (χ4n) is 1.33. The Labute approximate surface area is 115 Å². The molecule has 0 saturated carbocycles. The van der Waals surface area contributed by atoms with Crippen LogP contribution < -0.4 is 0 Å². The molecule has 0 aromatic heterocycles. The van der Waals surface area contributed by atoms with Gasteiger partial charge in [0.25, 0.3) is 0 Å². The number of benzene rings is 1. The lowest BCUT2D eigenvalue weighted by Crippen LogP contribution is -2.06. The maximum atomic E-state index is 13.3. The highest BCUT2D eigenvalue weighted by molar-refractivity contribution is 9.10. The average Bonchev–Trinajstić information content (AvgIpc) is 2.34. The van der Waals surface area contributed by atoms with Gasteiger partial charge in [-0.2, -0.15) is 0 Å². The fraction of sp³-hybridized carbons (Fsp3) is 0.357. The maximum Gasteiger partial charge on any atom is 0.333 e. The third-order valence-electron chi connectivity index (χ3n) is 2.38. The zero-order valence-electron chi connectivity index (χ0n) is 10.5. The van der Waals surface area contributed by atoms with Gasteiger partial charge in [-0.1, -0.05) is 19.4 Å². The molecule has 0 N–H and O–H groups in total. The highest BCUT2D eigenvalue weighted by Gasteiger charge is 2.06. The Balaban J connectivity index is 2.69. The van der Waals surface area contributed by atoms with Gasteiger partial charge in [-0.05, 0) is 53.0 Å². The molecule has 1 aromatic carbocycles. The van der Waals surface area contributed by atoms with Crippen molar-refractivity contribution in [2.45, 2.75) is 26.7 Å². The number of hydrogen-bond donors (Lipinski definition) is 0. The van der Waals surface area contributed by atoms with Crippen molar-refractivity contribution in [1.82, 2.24) is 0 Å². The fourth-order valence-corrected chi connectivity index (χ4v) is 1.58. The van der Waals surface area contributed by atoms with E-state index in [1.807, 2.05) is 6.92 Å². The summed E-state index contributed by atoms with van der Waals surface area (Å²) in [6, 6.07) is 4.71. The summed E-state index contributed by atoms with van der Waals surface area (Å²) in [7, 11) is 0. The first-order valence-corrected chi connectivity index (χ1v) is 6.64. The van der Waals surface area contributed by atoms with Crippen LogP contribution in [0.3, 0.4) is 0 Å². The van der Waals surface area contributed by atoms with Gasteiger partial charge in [0.2, 0.25) is 0 Å². The van der Waals surface area contributed by atoms with Crippen LogP contribution in [0.15, 0.2) is 28.2 Å². The molecule has 0 unspecified atom stereocenters. The van der Waals surface area contributed by atoms with Crippen molar-refractivity contribution in [3.63, 3.8) is 0 Å². The number of carbonyl (C=O) groups is 1. The molecule has 0 aliphatic carbocycles. The molecule has 0 spiro atoms. The van der Waals surface area contributed by atoms with Crippen LogP contribution in [0.2, 0.25) is 0 Å². The minimum absolute atomic E-state index is 0.351. The Bertz CT molecular complexity index is 455. The molecule has 4 heteroatoms. The summed E-state index contributed by atoms with van der Waals surface area (Å²) in [5, 5.41) is 0. The van der Waals surface area contributed by atoms with Crippen molar-refractivity contribution in [2.24, 2.45) is 0 Å². The zero-order chi connectivity index (χ0) is 13.5. The normalized spacial score (nSPS) is 11.4. The lowest BCUT2D eigenvalue weighted by atomic mass is 10.1. The molecule has 0 aliphatic heterocycles. The first kappa shape index (κ1) is 14.9. The Kier molecular flexibility index (Phi) is 6.05. The Hall–Kier alpha value is -1.16. The summed E-state index contributed by atoms with van der Waals surface area (Å²) in [5.41, 5.74) is 1.11. The van der Waals surface area contributed by atoms with E-state index in [0.717, 1.165) is 12.8 Å². The molecule has 0 atom stereocenters. The Morgan fingerprint density at radius 1 is 1.50 bits per heavy atom. The summed E-state index contributed by atoms with van der Waals surface area (Å²) in [6.07, 6.45) is 3.45. The number of esters is 1. The topological polar surface area (TPSA) is 26.3 Å². The van der Waals surface area contributed by atoms with Crippen LogP contribution in [0, 0.1) is 5.82 Å². The zero-order valence-corrected chi connectivity index (χ0v) is 12.1. The second kappa shape index (κ2) is 7.31. The summed E-state index contributed by atoms with van der Waals surface area (Å²) in [4.78, 5) is 11.6. The van der Waals surface area contributed by atoms with E-state index in [2.05, 4.69) is 15.9 Å². The van der Waals surface area contributed by atoms with Crippen LogP contribution >= 0.6 is 15.9 Å².